The number of carbonyl (C=O) groups excluding carboxylic acids is 1. The van der Waals surface area contributed by atoms with Gasteiger partial charge in [0.1, 0.15) is 0 Å². The standard InChI is InChI=1S/C18H28N2O/c1-13(2)16-8-6-15(7-9-16)12-20-18(21)11-17-14(3)5-4-10-19-17/h6-9,13-14,17,19H,4-5,10-12H2,1-3H3,(H,20,21). The fraction of sp³-hybridized carbons (Fsp3) is 0.611. The first-order valence-corrected chi connectivity index (χ1v) is 8.15. The smallest absolute Gasteiger partial charge is 0.221 e. The summed E-state index contributed by atoms with van der Waals surface area (Å²) in [6.07, 6.45) is 3.04. The molecule has 2 atom stereocenters. The van der Waals surface area contributed by atoms with E-state index in [2.05, 4.69) is 55.7 Å². The summed E-state index contributed by atoms with van der Waals surface area (Å²) in [6, 6.07) is 8.85. The van der Waals surface area contributed by atoms with Crippen LogP contribution in [-0.4, -0.2) is 18.5 Å². The number of carbonyl (C=O) groups is 1. The molecule has 116 valence electrons. The quantitative estimate of drug-likeness (QED) is 0.873. The molecule has 3 nitrogen and oxygen atoms in total. The SMILES string of the molecule is CC(C)c1ccc(CNC(=O)CC2NCCCC2C)cc1. The van der Waals surface area contributed by atoms with Crippen molar-refractivity contribution in [2.45, 2.75) is 58.5 Å². The molecule has 1 fully saturated rings. The van der Waals surface area contributed by atoms with Crippen molar-refractivity contribution in [3.63, 3.8) is 0 Å². The summed E-state index contributed by atoms with van der Waals surface area (Å²) in [4.78, 5) is 12.1. The summed E-state index contributed by atoms with van der Waals surface area (Å²) in [5.74, 6) is 1.29. The normalized spacial score (nSPS) is 22.3. The van der Waals surface area contributed by atoms with Crippen molar-refractivity contribution in [1.82, 2.24) is 10.6 Å². The zero-order chi connectivity index (χ0) is 15.2. The van der Waals surface area contributed by atoms with Crippen molar-refractivity contribution in [2.75, 3.05) is 6.54 Å². The second kappa shape index (κ2) is 7.60. The van der Waals surface area contributed by atoms with Crippen LogP contribution in [-0.2, 0) is 11.3 Å². The Labute approximate surface area is 128 Å². The molecule has 3 heteroatoms. The molecular weight excluding hydrogens is 260 g/mol. The van der Waals surface area contributed by atoms with Crippen LogP contribution in [0.25, 0.3) is 0 Å². The average molecular weight is 288 g/mol. The van der Waals surface area contributed by atoms with Gasteiger partial charge in [-0.3, -0.25) is 4.79 Å². The largest absolute Gasteiger partial charge is 0.352 e. The minimum absolute atomic E-state index is 0.147. The highest BCUT2D eigenvalue weighted by atomic mass is 16.1. The zero-order valence-corrected chi connectivity index (χ0v) is 13.5. The maximum Gasteiger partial charge on any atom is 0.221 e. The zero-order valence-electron chi connectivity index (χ0n) is 13.5. The Morgan fingerprint density at radius 2 is 2.05 bits per heavy atom. The summed E-state index contributed by atoms with van der Waals surface area (Å²) < 4.78 is 0. The van der Waals surface area contributed by atoms with E-state index in [0.29, 0.717) is 30.8 Å². The highest BCUT2D eigenvalue weighted by molar-refractivity contribution is 5.76. The Kier molecular flexibility index (Phi) is 5.80. The molecule has 0 aromatic heterocycles. The lowest BCUT2D eigenvalue weighted by atomic mass is 9.90. The Bertz CT molecular complexity index is 453. The van der Waals surface area contributed by atoms with Crippen molar-refractivity contribution in [2.24, 2.45) is 5.92 Å². The van der Waals surface area contributed by atoms with Gasteiger partial charge in [-0.2, -0.15) is 0 Å². The Hall–Kier alpha value is -1.35. The maximum atomic E-state index is 12.1. The van der Waals surface area contributed by atoms with E-state index in [9.17, 15) is 4.79 Å². The second-order valence-corrected chi connectivity index (χ2v) is 6.56. The van der Waals surface area contributed by atoms with E-state index in [4.69, 9.17) is 0 Å². The predicted molar refractivity (Wildman–Crippen MR) is 87.2 cm³/mol. The van der Waals surface area contributed by atoms with Crippen molar-refractivity contribution in [3.8, 4) is 0 Å². The van der Waals surface area contributed by atoms with E-state index in [0.717, 1.165) is 12.1 Å². The van der Waals surface area contributed by atoms with Gasteiger partial charge in [0.25, 0.3) is 0 Å². The summed E-state index contributed by atoms with van der Waals surface area (Å²) in [6.45, 7) is 8.27. The number of nitrogens with one attached hydrogen (secondary N) is 2. The fourth-order valence-electron chi connectivity index (χ4n) is 2.88. The highest BCUT2D eigenvalue weighted by Gasteiger charge is 2.22. The Morgan fingerprint density at radius 1 is 1.33 bits per heavy atom. The molecule has 1 amide bonds. The topological polar surface area (TPSA) is 41.1 Å². The molecule has 0 spiro atoms. The van der Waals surface area contributed by atoms with Crippen LogP contribution < -0.4 is 10.6 Å². The van der Waals surface area contributed by atoms with Crippen LogP contribution in [0.4, 0.5) is 0 Å². The van der Waals surface area contributed by atoms with E-state index in [1.54, 1.807) is 0 Å². The molecule has 1 aliphatic rings. The third-order valence-electron chi connectivity index (χ3n) is 4.47. The molecule has 0 bridgehead atoms. The Morgan fingerprint density at radius 3 is 2.67 bits per heavy atom. The van der Waals surface area contributed by atoms with Crippen molar-refractivity contribution in [1.29, 1.82) is 0 Å². The first-order chi connectivity index (χ1) is 10.1. The maximum absolute atomic E-state index is 12.1. The number of piperidine rings is 1. The summed E-state index contributed by atoms with van der Waals surface area (Å²) in [5, 5.41) is 6.49. The minimum Gasteiger partial charge on any atom is -0.352 e. The summed E-state index contributed by atoms with van der Waals surface area (Å²) in [5.41, 5.74) is 2.50. The Balaban J connectivity index is 1.78. The van der Waals surface area contributed by atoms with Crippen LogP contribution in [0.15, 0.2) is 24.3 Å². The highest BCUT2D eigenvalue weighted by Crippen LogP contribution is 2.18. The molecule has 2 N–H and O–H groups in total. The van der Waals surface area contributed by atoms with E-state index in [1.165, 1.54) is 18.4 Å². The molecule has 1 aliphatic heterocycles. The number of hydrogen-bond acceptors (Lipinski definition) is 2. The van der Waals surface area contributed by atoms with Crippen LogP contribution in [0.5, 0.6) is 0 Å². The van der Waals surface area contributed by atoms with Crippen LogP contribution in [0.3, 0.4) is 0 Å². The molecule has 21 heavy (non-hydrogen) atoms. The van der Waals surface area contributed by atoms with Crippen LogP contribution in [0, 0.1) is 5.92 Å². The van der Waals surface area contributed by atoms with Gasteiger partial charge in [-0.1, -0.05) is 45.0 Å². The molecule has 1 aromatic rings. The van der Waals surface area contributed by atoms with E-state index in [-0.39, 0.29) is 5.91 Å². The molecule has 2 unspecified atom stereocenters. The van der Waals surface area contributed by atoms with Gasteiger partial charge < -0.3 is 10.6 Å². The van der Waals surface area contributed by atoms with Crippen LogP contribution in [0.1, 0.15) is 57.1 Å². The third kappa shape index (κ3) is 4.85. The first-order valence-electron chi connectivity index (χ1n) is 8.15. The summed E-state index contributed by atoms with van der Waals surface area (Å²) in [7, 11) is 0. The molecular formula is C18H28N2O. The van der Waals surface area contributed by atoms with E-state index < -0.39 is 0 Å². The molecule has 1 saturated heterocycles. The molecule has 1 aromatic carbocycles. The second-order valence-electron chi connectivity index (χ2n) is 6.56. The first kappa shape index (κ1) is 16.0. The lowest BCUT2D eigenvalue weighted by molar-refractivity contribution is -0.122. The average Bonchev–Trinajstić information content (AvgIpc) is 2.48. The molecule has 0 saturated carbocycles. The molecule has 2 rings (SSSR count). The van der Waals surface area contributed by atoms with Crippen molar-refractivity contribution < 1.29 is 4.79 Å². The van der Waals surface area contributed by atoms with Gasteiger partial charge in [-0.05, 0) is 42.3 Å². The van der Waals surface area contributed by atoms with Crippen LogP contribution >= 0.6 is 0 Å². The van der Waals surface area contributed by atoms with E-state index in [1.807, 2.05) is 0 Å². The number of benzene rings is 1. The molecule has 0 radical (unpaired) electrons. The van der Waals surface area contributed by atoms with E-state index >= 15 is 0 Å². The predicted octanol–water partition coefficient (Wildman–Crippen LogP) is 3.20. The minimum atomic E-state index is 0.147. The third-order valence-corrected chi connectivity index (χ3v) is 4.47. The van der Waals surface area contributed by atoms with Gasteiger partial charge in [-0.25, -0.2) is 0 Å². The lowest BCUT2D eigenvalue weighted by Crippen LogP contribution is -2.43. The number of rotatable bonds is 5. The van der Waals surface area contributed by atoms with Crippen LogP contribution in [0.2, 0.25) is 0 Å². The fourth-order valence-corrected chi connectivity index (χ4v) is 2.88. The number of hydrogen-bond donors (Lipinski definition) is 2. The van der Waals surface area contributed by atoms with Crippen molar-refractivity contribution in [3.05, 3.63) is 35.4 Å². The lowest BCUT2D eigenvalue weighted by Gasteiger charge is -2.29. The van der Waals surface area contributed by atoms with Gasteiger partial charge >= 0.3 is 0 Å². The van der Waals surface area contributed by atoms with Crippen molar-refractivity contribution >= 4 is 5.91 Å². The number of amides is 1. The van der Waals surface area contributed by atoms with Gasteiger partial charge in [0.15, 0.2) is 0 Å². The molecule has 1 heterocycles. The summed E-state index contributed by atoms with van der Waals surface area (Å²) >= 11 is 0. The van der Waals surface area contributed by atoms with Gasteiger partial charge in [-0.15, -0.1) is 0 Å². The molecule has 0 aliphatic carbocycles. The monoisotopic (exact) mass is 288 g/mol. The van der Waals surface area contributed by atoms with Gasteiger partial charge in [0, 0.05) is 19.0 Å². The van der Waals surface area contributed by atoms with Gasteiger partial charge in [0.2, 0.25) is 5.91 Å². The van der Waals surface area contributed by atoms with Gasteiger partial charge in [0.05, 0.1) is 0 Å².